The first kappa shape index (κ1) is 74.3. The zero-order chi connectivity index (χ0) is 58.1. The fraction of sp³-hybridized carbons (Fsp3) is 0.894. The van der Waals surface area contributed by atoms with E-state index in [9.17, 15) is 45.6 Å². The summed E-state index contributed by atoms with van der Waals surface area (Å²) in [7, 11) is 0. The lowest BCUT2D eigenvalue weighted by molar-refractivity contribution is -0.359. The summed E-state index contributed by atoms with van der Waals surface area (Å²) >= 11 is 0. The number of nitrogens with one attached hydrogen (secondary N) is 1. The zero-order valence-electron chi connectivity index (χ0n) is 50.8. The Balaban J connectivity index is 1.70. The highest BCUT2D eigenvalue weighted by Gasteiger charge is 2.51. The van der Waals surface area contributed by atoms with Crippen molar-refractivity contribution in [2.75, 3.05) is 19.8 Å². The number of hydrogen-bond donors (Lipinski definition) is 9. The molecule has 2 fully saturated rings. The Morgan fingerprint density at radius 2 is 0.800 bits per heavy atom. The van der Waals surface area contributed by atoms with Crippen LogP contribution >= 0.6 is 0 Å². The van der Waals surface area contributed by atoms with E-state index in [0.717, 1.165) is 44.9 Å². The molecule has 0 spiro atoms. The van der Waals surface area contributed by atoms with E-state index in [1.165, 1.54) is 205 Å². The number of carbonyl (C=O) groups excluding carboxylic acids is 1. The smallest absolute Gasteiger partial charge is 0.220 e. The molecule has 1 amide bonds. The maximum absolute atomic E-state index is 13.3. The van der Waals surface area contributed by atoms with Gasteiger partial charge >= 0.3 is 0 Å². The molecule has 12 unspecified atom stereocenters. The van der Waals surface area contributed by atoms with Crippen LogP contribution in [0, 0.1) is 0 Å². The number of aliphatic hydroxyl groups excluding tert-OH is 8. The monoisotopic (exact) mass is 1140 g/mol. The highest BCUT2D eigenvalue weighted by molar-refractivity contribution is 5.76. The van der Waals surface area contributed by atoms with Crippen LogP contribution in [0.1, 0.15) is 284 Å². The molecule has 0 bridgehead atoms. The van der Waals surface area contributed by atoms with Crippen LogP contribution in [0.25, 0.3) is 0 Å². The molecule has 2 saturated heterocycles. The molecule has 14 nitrogen and oxygen atoms in total. The Kier molecular flexibility index (Phi) is 47.9. The first-order chi connectivity index (χ1) is 39.1. The van der Waals surface area contributed by atoms with Gasteiger partial charge < -0.3 is 65.1 Å². The van der Waals surface area contributed by atoms with Gasteiger partial charge in [0.15, 0.2) is 12.6 Å². The highest BCUT2D eigenvalue weighted by Crippen LogP contribution is 2.30. The molecular formula is C66H123NO13. The van der Waals surface area contributed by atoms with E-state index >= 15 is 0 Å². The van der Waals surface area contributed by atoms with Crippen molar-refractivity contribution >= 4 is 5.91 Å². The van der Waals surface area contributed by atoms with Gasteiger partial charge in [-0.15, -0.1) is 0 Å². The Hall–Kier alpha value is -1.79. The molecule has 470 valence electrons. The standard InChI is InChI=1S/C66H123NO13/c1-3-5-7-9-11-13-15-17-19-21-23-24-25-26-27-28-29-30-31-32-34-36-38-40-42-44-46-48-50-58(71)67-54(55(70)49-47-45-43-41-39-37-35-33-22-20-18-16-14-12-10-8-6-4-2)53-77-65-63(76)61(74)64(57(52-69)79-65)80-66-62(75)60(73)59(72)56(51-68)78-66/h22,33,39,41,47,49,54-57,59-66,68-70,72-76H,3-21,23-32,34-38,40,42-46,48,50-53H2,1-2H3,(H,67,71)/b33-22+,41-39+,49-47+. The van der Waals surface area contributed by atoms with Crippen LogP contribution in [0.2, 0.25) is 0 Å². The molecule has 2 heterocycles. The van der Waals surface area contributed by atoms with Crippen LogP contribution in [0.5, 0.6) is 0 Å². The number of allylic oxidation sites excluding steroid dienone is 5. The van der Waals surface area contributed by atoms with Crippen molar-refractivity contribution in [2.45, 2.75) is 357 Å². The molecule has 0 aromatic carbocycles. The molecule has 80 heavy (non-hydrogen) atoms. The van der Waals surface area contributed by atoms with E-state index in [-0.39, 0.29) is 18.9 Å². The molecule has 12 atom stereocenters. The minimum absolute atomic E-state index is 0.248. The van der Waals surface area contributed by atoms with Crippen LogP contribution in [0.3, 0.4) is 0 Å². The first-order valence-electron chi connectivity index (χ1n) is 33.2. The molecular weight excluding hydrogens is 1010 g/mol. The van der Waals surface area contributed by atoms with Gasteiger partial charge in [0.25, 0.3) is 0 Å². The van der Waals surface area contributed by atoms with Gasteiger partial charge in [-0.1, -0.05) is 269 Å². The summed E-state index contributed by atoms with van der Waals surface area (Å²) in [5, 5.41) is 87.2. The van der Waals surface area contributed by atoms with E-state index in [1.807, 2.05) is 6.08 Å². The molecule has 0 radical (unpaired) electrons. The maximum atomic E-state index is 13.3. The molecule has 0 aromatic rings. The van der Waals surface area contributed by atoms with Crippen molar-refractivity contribution in [3.05, 3.63) is 36.5 Å². The van der Waals surface area contributed by atoms with Gasteiger partial charge in [-0.3, -0.25) is 4.79 Å². The number of carbonyl (C=O) groups is 1. The lowest BCUT2D eigenvalue weighted by Crippen LogP contribution is -2.65. The van der Waals surface area contributed by atoms with Crippen molar-refractivity contribution < 1.29 is 64.6 Å². The predicted octanol–water partition coefficient (Wildman–Crippen LogP) is 12.6. The Morgan fingerprint density at radius 1 is 0.438 bits per heavy atom. The third-order valence-electron chi connectivity index (χ3n) is 16.3. The molecule has 0 aromatic heterocycles. The Morgan fingerprint density at radius 3 is 1.23 bits per heavy atom. The van der Waals surface area contributed by atoms with Crippen molar-refractivity contribution in [3.63, 3.8) is 0 Å². The number of unbranched alkanes of at least 4 members (excludes halogenated alkanes) is 37. The van der Waals surface area contributed by atoms with Crippen LogP contribution in [0.15, 0.2) is 36.5 Å². The van der Waals surface area contributed by atoms with E-state index in [0.29, 0.717) is 12.8 Å². The van der Waals surface area contributed by atoms with Gasteiger partial charge in [-0.2, -0.15) is 0 Å². The summed E-state index contributed by atoms with van der Waals surface area (Å²) in [5.41, 5.74) is 0. The minimum Gasteiger partial charge on any atom is -0.394 e. The second kappa shape index (κ2) is 51.6. The first-order valence-corrected chi connectivity index (χ1v) is 33.2. The summed E-state index contributed by atoms with van der Waals surface area (Å²) in [6.45, 7) is 2.80. The van der Waals surface area contributed by atoms with Crippen molar-refractivity contribution in [1.82, 2.24) is 5.32 Å². The third-order valence-corrected chi connectivity index (χ3v) is 16.3. The van der Waals surface area contributed by atoms with E-state index in [2.05, 4.69) is 43.5 Å². The van der Waals surface area contributed by atoms with Crippen LogP contribution in [0.4, 0.5) is 0 Å². The van der Waals surface area contributed by atoms with Crippen molar-refractivity contribution in [2.24, 2.45) is 0 Å². The van der Waals surface area contributed by atoms with Gasteiger partial charge in [-0.25, -0.2) is 0 Å². The average Bonchev–Trinajstić information content (AvgIpc) is 3.45. The summed E-state index contributed by atoms with van der Waals surface area (Å²) in [4.78, 5) is 13.3. The molecule has 14 heteroatoms. The number of hydrogen-bond acceptors (Lipinski definition) is 13. The van der Waals surface area contributed by atoms with Gasteiger partial charge in [0, 0.05) is 6.42 Å². The number of aliphatic hydroxyl groups is 8. The number of ether oxygens (including phenoxy) is 4. The molecule has 2 aliphatic rings. The van der Waals surface area contributed by atoms with E-state index in [4.69, 9.17) is 18.9 Å². The van der Waals surface area contributed by atoms with Crippen molar-refractivity contribution in [3.8, 4) is 0 Å². The molecule has 0 saturated carbocycles. The van der Waals surface area contributed by atoms with Gasteiger partial charge in [-0.05, 0) is 44.9 Å². The SMILES string of the molecule is CCCCCCCCCC/C=C/CC/C=C/CC/C=C/C(O)C(COC1OC(CO)C(OC2OC(CO)C(O)C(O)C2O)C(O)C1O)NC(=O)CCCCCCCCCCCCCCCCCCCCCCCCCCCCCC. The summed E-state index contributed by atoms with van der Waals surface area (Å²) < 4.78 is 22.8. The van der Waals surface area contributed by atoms with E-state index in [1.54, 1.807) is 6.08 Å². The van der Waals surface area contributed by atoms with Gasteiger partial charge in [0.2, 0.25) is 5.91 Å². The Bertz CT molecular complexity index is 1480. The molecule has 9 N–H and O–H groups in total. The maximum Gasteiger partial charge on any atom is 0.220 e. The van der Waals surface area contributed by atoms with Gasteiger partial charge in [0.1, 0.15) is 48.8 Å². The third kappa shape index (κ3) is 36.1. The molecule has 2 rings (SSSR count). The second-order valence-electron chi connectivity index (χ2n) is 23.6. The quantitative estimate of drug-likeness (QED) is 0.0204. The van der Waals surface area contributed by atoms with Crippen LogP contribution in [-0.4, -0.2) is 140 Å². The lowest BCUT2D eigenvalue weighted by atomic mass is 9.97. The Labute approximate surface area is 487 Å². The molecule has 2 aliphatic heterocycles. The normalized spacial score (nSPS) is 24.4. The second-order valence-corrected chi connectivity index (χ2v) is 23.6. The zero-order valence-corrected chi connectivity index (χ0v) is 50.8. The lowest BCUT2D eigenvalue weighted by Gasteiger charge is -2.46. The van der Waals surface area contributed by atoms with Crippen molar-refractivity contribution in [1.29, 1.82) is 0 Å². The average molecular weight is 1140 g/mol. The van der Waals surface area contributed by atoms with Gasteiger partial charge in [0.05, 0.1) is 32.0 Å². The summed E-state index contributed by atoms with van der Waals surface area (Å²) in [5.74, 6) is -0.248. The van der Waals surface area contributed by atoms with Crippen LogP contribution in [-0.2, 0) is 23.7 Å². The molecule has 0 aliphatic carbocycles. The summed E-state index contributed by atoms with van der Waals surface area (Å²) in [6.07, 6.45) is 47.7. The summed E-state index contributed by atoms with van der Waals surface area (Å²) in [6, 6.07) is -0.936. The largest absolute Gasteiger partial charge is 0.394 e. The highest BCUT2D eigenvalue weighted by atomic mass is 16.7. The number of rotatable bonds is 54. The topological polar surface area (TPSA) is 228 Å². The van der Waals surface area contributed by atoms with E-state index < -0.39 is 86.8 Å². The fourth-order valence-corrected chi connectivity index (χ4v) is 11.0. The number of amides is 1. The van der Waals surface area contributed by atoms with Crippen LogP contribution < -0.4 is 5.32 Å². The predicted molar refractivity (Wildman–Crippen MR) is 323 cm³/mol. The fourth-order valence-electron chi connectivity index (χ4n) is 11.0. The minimum atomic E-state index is -1.79.